The fourth-order valence-electron chi connectivity index (χ4n) is 3.03. The summed E-state index contributed by atoms with van der Waals surface area (Å²) < 4.78 is 32.7. The van der Waals surface area contributed by atoms with E-state index < -0.39 is 15.4 Å². The van der Waals surface area contributed by atoms with Crippen molar-refractivity contribution in [1.29, 1.82) is 0 Å². The second-order valence-electron chi connectivity index (χ2n) is 6.60. The molecule has 0 spiro atoms. The van der Waals surface area contributed by atoms with E-state index in [2.05, 4.69) is 10.2 Å². The van der Waals surface area contributed by atoms with Gasteiger partial charge in [-0.15, -0.1) is 0 Å². The van der Waals surface area contributed by atoms with Crippen molar-refractivity contribution in [3.8, 4) is 5.75 Å². The van der Waals surface area contributed by atoms with Crippen molar-refractivity contribution in [2.75, 3.05) is 26.7 Å². The molecule has 0 aromatic heterocycles. The molecule has 1 saturated heterocycles. The lowest BCUT2D eigenvalue weighted by molar-refractivity contribution is -0.139. The predicted molar refractivity (Wildman–Crippen MR) is 110 cm³/mol. The summed E-state index contributed by atoms with van der Waals surface area (Å²) in [6, 6.07) is 10.6. The number of halogens is 2. The highest BCUT2D eigenvalue weighted by Gasteiger charge is 2.54. The van der Waals surface area contributed by atoms with Crippen LogP contribution in [-0.2, 0) is 14.8 Å². The Morgan fingerprint density at radius 3 is 2.45 bits per heavy atom. The van der Waals surface area contributed by atoms with Crippen LogP contribution in [-0.4, -0.2) is 45.4 Å². The van der Waals surface area contributed by atoms with E-state index in [0.717, 1.165) is 0 Å². The highest BCUT2D eigenvalue weighted by atomic mass is 35.5. The van der Waals surface area contributed by atoms with Crippen molar-refractivity contribution in [2.45, 2.75) is 4.90 Å². The first-order chi connectivity index (χ1) is 13.7. The first-order valence-corrected chi connectivity index (χ1v) is 10.7. The van der Waals surface area contributed by atoms with E-state index in [4.69, 9.17) is 34.5 Å². The Kier molecular flexibility index (Phi) is 6.05. The van der Waals surface area contributed by atoms with Crippen molar-refractivity contribution >= 4 is 44.8 Å². The molecule has 2 aromatic rings. The molecule has 3 rings (SSSR count). The van der Waals surface area contributed by atoms with Crippen LogP contribution in [0.15, 0.2) is 47.4 Å². The second-order valence-corrected chi connectivity index (χ2v) is 9.35. The van der Waals surface area contributed by atoms with Gasteiger partial charge in [0.05, 0.1) is 11.6 Å². The van der Waals surface area contributed by atoms with Crippen LogP contribution in [0.4, 0.5) is 5.69 Å². The lowest BCUT2D eigenvalue weighted by atomic mass is 9.81. The van der Waals surface area contributed by atoms with E-state index in [1.165, 1.54) is 29.6 Å². The number of nitrogens with zero attached hydrogens (tertiary/aromatic N) is 2. The lowest BCUT2D eigenvalue weighted by Crippen LogP contribution is -2.66. The molecule has 7 nitrogen and oxygen atoms in total. The standard InChI is InChI=1S/C19H17Cl2N3O4S/c1-22-14-4-6-15(7-5-14)28-12-19(18(25)23-2)10-24(11-19)29(26,27)17-8-3-13(20)9-16(17)21/h3-9H,10-12H2,2H3,(H,23,25). The number of carbonyl (C=O) groups is 1. The molecule has 152 valence electrons. The maximum atomic E-state index is 12.9. The van der Waals surface area contributed by atoms with E-state index >= 15 is 0 Å². The molecule has 1 fully saturated rings. The van der Waals surface area contributed by atoms with Crippen LogP contribution in [0.2, 0.25) is 10.0 Å². The van der Waals surface area contributed by atoms with Crippen LogP contribution in [0, 0.1) is 12.0 Å². The number of carbonyl (C=O) groups excluding carboxylic acids is 1. The van der Waals surface area contributed by atoms with Crippen molar-refractivity contribution in [3.63, 3.8) is 0 Å². The van der Waals surface area contributed by atoms with Crippen LogP contribution in [0.25, 0.3) is 4.85 Å². The smallest absolute Gasteiger partial charge is 0.244 e. The first-order valence-electron chi connectivity index (χ1n) is 8.49. The van der Waals surface area contributed by atoms with Crippen LogP contribution < -0.4 is 10.1 Å². The minimum absolute atomic E-state index is 0.00952. The van der Waals surface area contributed by atoms with Gasteiger partial charge < -0.3 is 10.1 Å². The third-order valence-corrected chi connectivity index (χ3v) is 7.17. The Hall–Kier alpha value is -2.31. The van der Waals surface area contributed by atoms with Crippen LogP contribution in [0.3, 0.4) is 0 Å². The quantitative estimate of drug-likeness (QED) is 0.679. The fourth-order valence-corrected chi connectivity index (χ4v) is 5.38. The van der Waals surface area contributed by atoms with Crippen LogP contribution in [0.5, 0.6) is 5.75 Å². The lowest BCUT2D eigenvalue weighted by Gasteiger charge is -2.47. The van der Waals surface area contributed by atoms with Crippen LogP contribution >= 0.6 is 23.2 Å². The van der Waals surface area contributed by atoms with Gasteiger partial charge in [-0.3, -0.25) is 4.79 Å². The molecule has 1 heterocycles. The Labute approximate surface area is 179 Å². The predicted octanol–water partition coefficient (Wildman–Crippen LogP) is 3.36. The van der Waals surface area contributed by atoms with Crippen molar-refractivity contribution < 1.29 is 17.9 Å². The van der Waals surface area contributed by atoms with Gasteiger partial charge in [0.25, 0.3) is 0 Å². The highest BCUT2D eigenvalue weighted by molar-refractivity contribution is 7.89. The minimum Gasteiger partial charge on any atom is -0.492 e. The van der Waals surface area contributed by atoms with Gasteiger partial charge in [0.1, 0.15) is 22.7 Å². The summed E-state index contributed by atoms with van der Waals surface area (Å²) in [6.07, 6.45) is 0. The third kappa shape index (κ3) is 4.19. The number of hydrogen-bond donors (Lipinski definition) is 1. The zero-order valence-electron chi connectivity index (χ0n) is 15.4. The number of hydrogen-bond acceptors (Lipinski definition) is 4. The summed E-state index contributed by atoms with van der Waals surface area (Å²) >= 11 is 11.9. The maximum Gasteiger partial charge on any atom is 0.244 e. The number of nitrogens with one attached hydrogen (secondary N) is 1. The third-order valence-electron chi connectivity index (χ3n) is 4.66. The second kappa shape index (κ2) is 8.20. The van der Waals surface area contributed by atoms with Gasteiger partial charge in [0.15, 0.2) is 5.69 Å². The van der Waals surface area contributed by atoms with Crippen molar-refractivity contribution in [1.82, 2.24) is 9.62 Å². The summed E-state index contributed by atoms with van der Waals surface area (Å²) in [5, 5.41) is 2.92. The molecule has 1 N–H and O–H groups in total. The molecule has 0 atom stereocenters. The SMILES string of the molecule is [C-]#[N+]c1ccc(OCC2(C(=O)NC)CN(S(=O)(=O)c3ccc(Cl)cc3Cl)C2)cc1. The van der Waals surface area contributed by atoms with Crippen molar-refractivity contribution in [3.05, 3.63) is 63.9 Å². The van der Waals surface area contributed by atoms with E-state index in [-0.39, 0.29) is 35.5 Å². The largest absolute Gasteiger partial charge is 0.492 e. The van der Waals surface area contributed by atoms with Gasteiger partial charge in [0.2, 0.25) is 15.9 Å². The van der Waals surface area contributed by atoms with E-state index in [1.807, 2.05) is 0 Å². The Balaban J connectivity index is 1.76. The van der Waals surface area contributed by atoms with Gasteiger partial charge in [-0.05, 0) is 30.3 Å². The Morgan fingerprint density at radius 2 is 1.90 bits per heavy atom. The number of ether oxygens (including phenoxy) is 1. The molecule has 1 aliphatic rings. The van der Waals surface area contributed by atoms with Gasteiger partial charge >= 0.3 is 0 Å². The number of amides is 1. The monoisotopic (exact) mass is 453 g/mol. The topological polar surface area (TPSA) is 80.1 Å². The first kappa shape index (κ1) is 21.4. The molecule has 0 bridgehead atoms. The number of sulfonamides is 1. The Morgan fingerprint density at radius 1 is 1.24 bits per heavy atom. The molecule has 29 heavy (non-hydrogen) atoms. The summed E-state index contributed by atoms with van der Waals surface area (Å²) in [5.41, 5.74) is -0.557. The minimum atomic E-state index is -3.88. The molecule has 1 amide bonds. The average Bonchev–Trinajstić information content (AvgIpc) is 2.66. The summed E-state index contributed by atoms with van der Waals surface area (Å²) in [6.45, 7) is 6.86. The number of rotatable bonds is 6. The zero-order valence-corrected chi connectivity index (χ0v) is 17.7. The van der Waals surface area contributed by atoms with Gasteiger partial charge in [-0.25, -0.2) is 13.3 Å². The van der Waals surface area contributed by atoms with Crippen molar-refractivity contribution in [2.24, 2.45) is 5.41 Å². The molecule has 0 saturated carbocycles. The average molecular weight is 454 g/mol. The van der Waals surface area contributed by atoms with Gasteiger partial charge in [-0.1, -0.05) is 35.3 Å². The summed E-state index contributed by atoms with van der Waals surface area (Å²) in [4.78, 5) is 15.7. The molecule has 10 heteroatoms. The van der Waals surface area contributed by atoms with Crippen LogP contribution in [0.1, 0.15) is 0 Å². The molecule has 0 unspecified atom stereocenters. The summed E-state index contributed by atoms with van der Waals surface area (Å²) in [5.74, 6) is 0.173. The highest BCUT2D eigenvalue weighted by Crippen LogP contribution is 2.38. The maximum absolute atomic E-state index is 12.9. The summed E-state index contributed by atoms with van der Waals surface area (Å²) in [7, 11) is -2.39. The van der Waals surface area contributed by atoms with E-state index in [1.54, 1.807) is 24.3 Å². The molecular weight excluding hydrogens is 437 g/mol. The molecule has 0 radical (unpaired) electrons. The number of benzene rings is 2. The molecular formula is C19H17Cl2N3O4S. The van der Waals surface area contributed by atoms with Gasteiger partial charge in [-0.2, -0.15) is 4.31 Å². The normalized spacial score (nSPS) is 15.8. The van der Waals surface area contributed by atoms with E-state index in [0.29, 0.717) is 16.5 Å². The molecule has 2 aromatic carbocycles. The Bertz CT molecular complexity index is 1080. The zero-order chi connectivity index (χ0) is 21.2. The molecule has 0 aliphatic carbocycles. The molecule has 1 aliphatic heterocycles. The van der Waals surface area contributed by atoms with E-state index in [9.17, 15) is 13.2 Å². The fraction of sp³-hybridized carbons (Fsp3) is 0.263. The van der Waals surface area contributed by atoms with Gasteiger partial charge in [0, 0.05) is 25.2 Å².